The van der Waals surface area contributed by atoms with E-state index >= 15 is 0 Å². The Balaban J connectivity index is 3.43. The molecule has 0 aliphatic carbocycles. The Labute approximate surface area is 60.2 Å². The van der Waals surface area contributed by atoms with Gasteiger partial charge in [-0.25, -0.2) is 4.79 Å². The van der Waals surface area contributed by atoms with Crippen molar-refractivity contribution in [3.8, 4) is 0 Å². The molecular weight excluding hydrogens is 132 g/mol. The van der Waals surface area contributed by atoms with E-state index in [0.717, 1.165) is 0 Å². The van der Waals surface area contributed by atoms with E-state index in [1.165, 1.54) is 7.05 Å². The summed E-state index contributed by atoms with van der Waals surface area (Å²) in [6.45, 7) is 3.88. The molecule has 10 heavy (non-hydrogen) atoms. The van der Waals surface area contributed by atoms with Gasteiger partial charge in [0.05, 0.1) is 0 Å². The molecule has 0 radical (unpaired) electrons. The fraction of sp³-hybridized carbons (Fsp3) is 0.667. The fourth-order valence-corrected chi connectivity index (χ4v) is 0.246. The lowest BCUT2D eigenvalue weighted by atomic mass is 10.3. The normalized spacial score (nSPS) is 10.4. The monoisotopic (exact) mass is 144 g/mol. The van der Waals surface area contributed by atoms with Gasteiger partial charge in [-0.05, 0) is 5.92 Å². The van der Waals surface area contributed by atoms with Gasteiger partial charge in [-0.1, -0.05) is 19.0 Å². The van der Waals surface area contributed by atoms with Crippen molar-refractivity contribution in [1.82, 2.24) is 5.32 Å². The summed E-state index contributed by atoms with van der Waals surface area (Å²) >= 11 is 0. The molecule has 0 aromatic rings. The van der Waals surface area contributed by atoms with Gasteiger partial charge in [0.25, 0.3) is 0 Å². The summed E-state index contributed by atoms with van der Waals surface area (Å²) in [7, 11) is 1.48. The van der Waals surface area contributed by atoms with Gasteiger partial charge in [0, 0.05) is 13.3 Å². The second-order valence-corrected chi connectivity index (χ2v) is 2.13. The second-order valence-electron chi connectivity index (χ2n) is 2.13. The smallest absolute Gasteiger partial charge is 0.323 e. The molecule has 0 heterocycles. The van der Waals surface area contributed by atoms with Crippen LogP contribution in [-0.4, -0.2) is 19.4 Å². The predicted octanol–water partition coefficient (Wildman–Crippen LogP) is 0.984. The average Bonchev–Trinajstić information content (AvgIpc) is 1.87. The van der Waals surface area contributed by atoms with Crippen LogP contribution in [0.5, 0.6) is 0 Å². The van der Waals surface area contributed by atoms with Gasteiger partial charge in [0.1, 0.15) is 0 Å². The predicted molar refractivity (Wildman–Crippen MR) is 38.9 cm³/mol. The third-order valence-electron chi connectivity index (χ3n) is 0.699. The molecule has 0 spiro atoms. The first-order valence-corrected chi connectivity index (χ1v) is 3.09. The molecule has 0 atom stereocenters. The number of oxime groups is 1. The summed E-state index contributed by atoms with van der Waals surface area (Å²) in [6.07, 6.45) is 1.01. The lowest BCUT2D eigenvalue weighted by Gasteiger charge is -1.94. The van der Waals surface area contributed by atoms with Crippen LogP contribution in [0.15, 0.2) is 5.16 Å². The molecule has 1 N–H and O–H groups in total. The summed E-state index contributed by atoms with van der Waals surface area (Å²) in [5, 5.41) is 5.67. The Bertz CT molecular complexity index is 132. The third kappa shape index (κ3) is 5.08. The van der Waals surface area contributed by atoms with Gasteiger partial charge in [0.2, 0.25) is 0 Å². The Kier molecular flexibility index (Phi) is 4.28. The molecule has 0 saturated carbocycles. The van der Waals surface area contributed by atoms with E-state index in [-0.39, 0.29) is 0 Å². The van der Waals surface area contributed by atoms with Crippen molar-refractivity contribution in [2.24, 2.45) is 11.1 Å². The average molecular weight is 144 g/mol. The standard InChI is InChI=1S/C6H12N2O2/c1-5(2)4-8-10-6(9)7-3/h4-5H,1-3H3,(H,7,9)/b8-4+. The van der Waals surface area contributed by atoms with E-state index in [1.54, 1.807) is 6.21 Å². The van der Waals surface area contributed by atoms with E-state index in [0.29, 0.717) is 5.92 Å². The molecule has 0 aromatic carbocycles. The van der Waals surface area contributed by atoms with Gasteiger partial charge >= 0.3 is 6.09 Å². The number of nitrogens with zero attached hydrogens (tertiary/aromatic N) is 1. The fourth-order valence-electron chi connectivity index (χ4n) is 0.246. The van der Waals surface area contributed by atoms with Crippen LogP contribution in [0, 0.1) is 5.92 Å². The van der Waals surface area contributed by atoms with Crippen LogP contribution in [0.1, 0.15) is 13.8 Å². The van der Waals surface area contributed by atoms with Crippen LogP contribution in [0.2, 0.25) is 0 Å². The van der Waals surface area contributed by atoms with Crippen molar-refractivity contribution in [1.29, 1.82) is 0 Å². The van der Waals surface area contributed by atoms with Crippen molar-refractivity contribution < 1.29 is 9.63 Å². The van der Waals surface area contributed by atoms with Crippen molar-refractivity contribution >= 4 is 12.3 Å². The summed E-state index contributed by atoms with van der Waals surface area (Å²) in [5.74, 6) is 0.296. The minimum Gasteiger partial charge on any atom is -0.323 e. The number of hydrogen-bond acceptors (Lipinski definition) is 3. The molecule has 0 aromatic heterocycles. The molecule has 0 aliphatic heterocycles. The first-order valence-electron chi connectivity index (χ1n) is 3.09. The Morgan fingerprint density at radius 2 is 2.30 bits per heavy atom. The highest BCUT2D eigenvalue weighted by atomic mass is 16.7. The minimum atomic E-state index is -0.545. The molecule has 4 nitrogen and oxygen atoms in total. The lowest BCUT2D eigenvalue weighted by molar-refractivity contribution is 0.153. The quantitative estimate of drug-likeness (QED) is 0.357. The number of nitrogens with one attached hydrogen (secondary N) is 1. The number of carbonyl (C=O) groups is 1. The maximum Gasteiger partial charge on any atom is 0.433 e. The van der Waals surface area contributed by atoms with E-state index in [2.05, 4.69) is 15.3 Å². The van der Waals surface area contributed by atoms with Gasteiger partial charge in [-0.3, -0.25) is 4.84 Å². The zero-order valence-electron chi connectivity index (χ0n) is 6.42. The van der Waals surface area contributed by atoms with Gasteiger partial charge < -0.3 is 5.32 Å². The first kappa shape index (κ1) is 8.94. The Morgan fingerprint density at radius 1 is 1.70 bits per heavy atom. The van der Waals surface area contributed by atoms with Crippen molar-refractivity contribution in [3.05, 3.63) is 0 Å². The minimum absolute atomic E-state index is 0.296. The van der Waals surface area contributed by atoms with Crippen LogP contribution in [0.3, 0.4) is 0 Å². The van der Waals surface area contributed by atoms with E-state index in [4.69, 9.17) is 0 Å². The van der Waals surface area contributed by atoms with Gasteiger partial charge in [-0.15, -0.1) is 0 Å². The molecule has 0 aliphatic rings. The summed E-state index contributed by atoms with van der Waals surface area (Å²) in [5.41, 5.74) is 0. The van der Waals surface area contributed by atoms with Crippen LogP contribution < -0.4 is 5.32 Å². The molecule has 0 unspecified atom stereocenters. The van der Waals surface area contributed by atoms with Crippen LogP contribution in [-0.2, 0) is 4.84 Å². The zero-order chi connectivity index (χ0) is 7.98. The highest BCUT2D eigenvalue weighted by molar-refractivity contribution is 5.68. The topological polar surface area (TPSA) is 50.7 Å². The van der Waals surface area contributed by atoms with Crippen LogP contribution in [0.25, 0.3) is 0 Å². The largest absolute Gasteiger partial charge is 0.433 e. The van der Waals surface area contributed by atoms with Crippen molar-refractivity contribution in [2.45, 2.75) is 13.8 Å². The SMILES string of the molecule is CNC(=O)O/N=C/C(C)C. The second kappa shape index (κ2) is 4.78. The highest BCUT2D eigenvalue weighted by Crippen LogP contribution is 1.85. The maximum atomic E-state index is 10.3. The lowest BCUT2D eigenvalue weighted by Crippen LogP contribution is -2.16. The maximum absolute atomic E-state index is 10.3. The van der Waals surface area contributed by atoms with Crippen molar-refractivity contribution in [2.75, 3.05) is 7.05 Å². The highest BCUT2D eigenvalue weighted by Gasteiger charge is 1.93. The molecule has 0 saturated heterocycles. The molecule has 1 amide bonds. The van der Waals surface area contributed by atoms with E-state index in [9.17, 15) is 4.79 Å². The molecular formula is C6H12N2O2. The van der Waals surface area contributed by atoms with E-state index < -0.39 is 6.09 Å². The summed E-state index contributed by atoms with van der Waals surface area (Å²) in [4.78, 5) is 14.7. The van der Waals surface area contributed by atoms with Crippen LogP contribution >= 0.6 is 0 Å². The number of rotatable bonds is 2. The molecule has 0 rings (SSSR count). The van der Waals surface area contributed by atoms with Gasteiger partial charge in [0.15, 0.2) is 0 Å². The van der Waals surface area contributed by atoms with Crippen molar-refractivity contribution in [3.63, 3.8) is 0 Å². The first-order chi connectivity index (χ1) is 4.66. The zero-order valence-corrected chi connectivity index (χ0v) is 6.42. The number of amides is 1. The number of hydrogen-bond donors (Lipinski definition) is 1. The summed E-state index contributed by atoms with van der Waals surface area (Å²) in [6, 6.07) is 0. The molecule has 0 fully saturated rings. The Morgan fingerprint density at radius 3 is 2.70 bits per heavy atom. The molecule has 58 valence electrons. The van der Waals surface area contributed by atoms with Crippen LogP contribution in [0.4, 0.5) is 4.79 Å². The molecule has 0 bridgehead atoms. The van der Waals surface area contributed by atoms with E-state index in [1.807, 2.05) is 13.8 Å². The Hall–Kier alpha value is -1.06. The van der Waals surface area contributed by atoms with Gasteiger partial charge in [-0.2, -0.15) is 0 Å². The number of carbonyl (C=O) groups excluding carboxylic acids is 1. The summed E-state index contributed by atoms with van der Waals surface area (Å²) < 4.78 is 0. The third-order valence-corrected chi connectivity index (χ3v) is 0.699. The molecule has 4 heteroatoms.